The van der Waals surface area contributed by atoms with Crippen molar-refractivity contribution in [2.75, 3.05) is 12.1 Å². The third-order valence-corrected chi connectivity index (χ3v) is 4.66. The number of nitrogens with one attached hydrogen (secondary N) is 1. The van der Waals surface area contributed by atoms with E-state index < -0.39 is 0 Å². The molecule has 1 aromatic carbocycles. The van der Waals surface area contributed by atoms with Crippen molar-refractivity contribution in [1.29, 1.82) is 0 Å². The molecular weight excluding hydrogens is 422 g/mol. The zero-order chi connectivity index (χ0) is 20.1. The molecule has 0 saturated heterocycles. The Hall–Kier alpha value is -2.93. The normalized spacial score (nSPS) is 11.4. The third kappa shape index (κ3) is 4.14. The Morgan fingerprint density at radius 3 is 2.54 bits per heavy atom. The smallest absolute Gasteiger partial charge is 0.275 e. The number of nitrogens with zero attached hydrogens (tertiary/aromatic N) is 2. The number of hydrogen-bond acceptors (Lipinski definition) is 5. The molecule has 0 radical (unpaired) electrons. The summed E-state index contributed by atoms with van der Waals surface area (Å²) in [6, 6.07) is 11.0. The number of amides is 1. The van der Waals surface area contributed by atoms with E-state index in [9.17, 15) is 4.79 Å². The minimum Gasteiger partial charge on any atom is -0.454 e. The van der Waals surface area contributed by atoms with Gasteiger partial charge in [0.1, 0.15) is 11.5 Å². The van der Waals surface area contributed by atoms with Crippen molar-refractivity contribution in [2.45, 2.75) is 20.8 Å². The van der Waals surface area contributed by atoms with Crippen molar-refractivity contribution >= 4 is 27.7 Å². The van der Waals surface area contributed by atoms with Crippen LogP contribution in [0.4, 0.5) is 5.82 Å². The number of fused-ring (bicyclic) bond motifs is 1. The molecule has 7 heteroatoms. The second kappa shape index (κ2) is 8.84. The molecular formula is C21H20BrN3O3. The SMILES string of the molecule is CC.Cc1cccnc1C(=O)Nc1ccc(-c2cc3c(cc2Br)OCO3)cn1. The number of pyridine rings is 2. The van der Waals surface area contributed by atoms with Crippen LogP contribution in [0.1, 0.15) is 29.9 Å². The lowest BCUT2D eigenvalue weighted by molar-refractivity contribution is 0.102. The zero-order valence-corrected chi connectivity index (χ0v) is 17.4. The quantitative estimate of drug-likeness (QED) is 0.602. The highest BCUT2D eigenvalue weighted by atomic mass is 79.9. The number of carbonyl (C=O) groups excluding carboxylic acids is 1. The Balaban J connectivity index is 0.00000109. The van der Waals surface area contributed by atoms with Gasteiger partial charge in [0.05, 0.1) is 0 Å². The van der Waals surface area contributed by atoms with Crippen LogP contribution in [0.3, 0.4) is 0 Å². The molecule has 4 rings (SSSR count). The molecule has 1 N–H and O–H groups in total. The standard InChI is InChI=1S/C19H14BrN3O3.C2H6/c1-11-3-2-6-21-18(11)19(24)23-17-5-4-12(9-22-17)13-7-15-16(8-14(13)20)26-10-25-15;1-2/h2-9H,10H2,1H3,(H,22,23,24);1-2H3. The summed E-state index contributed by atoms with van der Waals surface area (Å²) >= 11 is 3.54. The predicted molar refractivity (Wildman–Crippen MR) is 112 cm³/mol. The molecule has 144 valence electrons. The fourth-order valence-electron chi connectivity index (χ4n) is 2.66. The van der Waals surface area contributed by atoms with Crippen LogP contribution < -0.4 is 14.8 Å². The number of hydrogen-bond donors (Lipinski definition) is 1. The first-order valence-electron chi connectivity index (χ1n) is 8.90. The van der Waals surface area contributed by atoms with Gasteiger partial charge in [-0.15, -0.1) is 0 Å². The van der Waals surface area contributed by atoms with Gasteiger partial charge in [0, 0.05) is 28.0 Å². The van der Waals surface area contributed by atoms with Crippen LogP contribution >= 0.6 is 15.9 Å². The molecule has 6 nitrogen and oxygen atoms in total. The number of rotatable bonds is 3. The van der Waals surface area contributed by atoms with Gasteiger partial charge >= 0.3 is 0 Å². The van der Waals surface area contributed by atoms with Gasteiger partial charge in [-0.05, 0) is 42.8 Å². The molecule has 1 aliphatic heterocycles. The highest BCUT2D eigenvalue weighted by molar-refractivity contribution is 9.10. The van der Waals surface area contributed by atoms with Crippen molar-refractivity contribution < 1.29 is 14.3 Å². The lowest BCUT2D eigenvalue weighted by atomic mass is 10.1. The van der Waals surface area contributed by atoms with E-state index in [2.05, 4.69) is 31.2 Å². The molecule has 0 spiro atoms. The summed E-state index contributed by atoms with van der Waals surface area (Å²) in [6.45, 7) is 6.07. The van der Waals surface area contributed by atoms with Gasteiger partial charge in [-0.3, -0.25) is 9.78 Å². The minimum absolute atomic E-state index is 0.224. The molecule has 1 aliphatic rings. The summed E-state index contributed by atoms with van der Waals surface area (Å²) < 4.78 is 11.7. The Morgan fingerprint density at radius 1 is 1.11 bits per heavy atom. The van der Waals surface area contributed by atoms with Crippen LogP contribution in [0.2, 0.25) is 0 Å². The predicted octanol–water partition coefficient (Wildman–Crippen LogP) is 5.22. The van der Waals surface area contributed by atoms with E-state index in [1.165, 1.54) is 0 Å². The molecule has 3 aromatic rings. The summed E-state index contributed by atoms with van der Waals surface area (Å²) in [7, 11) is 0. The Kier molecular flexibility index (Phi) is 6.26. The second-order valence-electron chi connectivity index (χ2n) is 5.74. The van der Waals surface area contributed by atoms with Crippen LogP contribution in [0.5, 0.6) is 11.5 Å². The molecule has 0 bridgehead atoms. The van der Waals surface area contributed by atoms with Gasteiger partial charge in [-0.1, -0.05) is 35.8 Å². The molecule has 0 aliphatic carbocycles. The number of benzene rings is 1. The van der Waals surface area contributed by atoms with Crippen LogP contribution in [0.25, 0.3) is 11.1 Å². The van der Waals surface area contributed by atoms with Crippen molar-refractivity contribution in [3.05, 3.63) is 64.5 Å². The highest BCUT2D eigenvalue weighted by Gasteiger charge is 2.17. The van der Waals surface area contributed by atoms with Gasteiger partial charge in [-0.2, -0.15) is 0 Å². The van der Waals surface area contributed by atoms with Crippen molar-refractivity contribution in [3.8, 4) is 22.6 Å². The van der Waals surface area contributed by atoms with E-state index in [4.69, 9.17) is 9.47 Å². The number of halogens is 1. The maximum absolute atomic E-state index is 12.3. The molecule has 0 unspecified atom stereocenters. The summed E-state index contributed by atoms with van der Waals surface area (Å²) in [5.74, 6) is 1.59. The van der Waals surface area contributed by atoms with E-state index >= 15 is 0 Å². The van der Waals surface area contributed by atoms with Gasteiger partial charge in [0.25, 0.3) is 5.91 Å². The second-order valence-corrected chi connectivity index (χ2v) is 6.59. The molecule has 1 amide bonds. The first kappa shape index (κ1) is 19.8. The lowest BCUT2D eigenvalue weighted by Crippen LogP contribution is -2.15. The number of ether oxygens (including phenoxy) is 2. The average molecular weight is 442 g/mol. The Labute approximate surface area is 172 Å². The van der Waals surface area contributed by atoms with E-state index in [0.717, 1.165) is 21.2 Å². The first-order chi connectivity index (χ1) is 13.6. The molecule has 0 atom stereocenters. The molecule has 2 aromatic heterocycles. The third-order valence-electron chi connectivity index (χ3n) is 4.00. The van der Waals surface area contributed by atoms with E-state index in [1.807, 2.05) is 45.0 Å². The minimum atomic E-state index is -0.285. The lowest BCUT2D eigenvalue weighted by Gasteiger charge is -2.09. The fourth-order valence-corrected chi connectivity index (χ4v) is 3.22. The van der Waals surface area contributed by atoms with Gasteiger partial charge in [0.15, 0.2) is 11.5 Å². The first-order valence-corrected chi connectivity index (χ1v) is 9.69. The summed E-state index contributed by atoms with van der Waals surface area (Å²) in [4.78, 5) is 20.8. The van der Waals surface area contributed by atoms with Crippen LogP contribution in [0.15, 0.2) is 53.3 Å². The number of aryl methyl sites for hydroxylation is 1. The van der Waals surface area contributed by atoms with Gasteiger partial charge in [-0.25, -0.2) is 4.98 Å². The Morgan fingerprint density at radius 2 is 1.86 bits per heavy atom. The van der Waals surface area contributed by atoms with Crippen LogP contribution in [-0.4, -0.2) is 22.7 Å². The van der Waals surface area contributed by atoms with Crippen LogP contribution in [-0.2, 0) is 0 Å². The largest absolute Gasteiger partial charge is 0.454 e. The summed E-state index contributed by atoms with van der Waals surface area (Å²) in [5.41, 5.74) is 3.02. The number of carbonyl (C=O) groups is 1. The summed E-state index contributed by atoms with van der Waals surface area (Å²) in [5, 5.41) is 2.77. The number of anilines is 1. The maximum Gasteiger partial charge on any atom is 0.275 e. The van der Waals surface area contributed by atoms with Crippen molar-refractivity contribution in [3.63, 3.8) is 0 Å². The van der Waals surface area contributed by atoms with Gasteiger partial charge < -0.3 is 14.8 Å². The zero-order valence-electron chi connectivity index (χ0n) is 15.8. The topological polar surface area (TPSA) is 73.3 Å². The molecule has 28 heavy (non-hydrogen) atoms. The van der Waals surface area contributed by atoms with Crippen molar-refractivity contribution in [2.24, 2.45) is 0 Å². The van der Waals surface area contributed by atoms with E-state index in [0.29, 0.717) is 23.0 Å². The monoisotopic (exact) mass is 441 g/mol. The van der Waals surface area contributed by atoms with E-state index in [-0.39, 0.29) is 12.7 Å². The van der Waals surface area contributed by atoms with Crippen LogP contribution in [0, 0.1) is 6.92 Å². The molecule has 0 fully saturated rings. The van der Waals surface area contributed by atoms with Crippen molar-refractivity contribution in [1.82, 2.24) is 9.97 Å². The fraction of sp³-hybridized carbons (Fsp3) is 0.190. The molecule has 3 heterocycles. The summed E-state index contributed by atoms with van der Waals surface area (Å²) in [6.07, 6.45) is 3.29. The Bertz CT molecular complexity index is 991. The molecule has 0 saturated carbocycles. The van der Waals surface area contributed by atoms with Gasteiger partial charge in [0.2, 0.25) is 6.79 Å². The highest BCUT2D eigenvalue weighted by Crippen LogP contribution is 2.40. The number of aromatic nitrogens is 2. The van der Waals surface area contributed by atoms with E-state index in [1.54, 1.807) is 24.5 Å². The average Bonchev–Trinajstić information content (AvgIpc) is 3.17. The maximum atomic E-state index is 12.3.